The van der Waals surface area contributed by atoms with Crippen LogP contribution < -0.4 is 5.32 Å². The van der Waals surface area contributed by atoms with Crippen LogP contribution in [-0.4, -0.2) is 59.7 Å². The molecule has 1 aromatic rings. The fourth-order valence-corrected chi connectivity index (χ4v) is 2.77. The zero-order valence-electron chi connectivity index (χ0n) is 12.7. The quantitative estimate of drug-likeness (QED) is 0.631. The highest BCUT2D eigenvalue weighted by Gasteiger charge is 2.14. The molecule has 9 heteroatoms. The minimum atomic E-state index is -3.18. The van der Waals surface area contributed by atoms with Crippen LogP contribution in [0, 0.1) is 0 Å². The lowest BCUT2D eigenvalue weighted by molar-refractivity contribution is 0.0942. The zero-order valence-corrected chi connectivity index (χ0v) is 13.5. The van der Waals surface area contributed by atoms with E-state index in [9.17, 15) is 13.2 Å². The molecule has 0 saturated carbocycles. The second-order valence-corrected chi connectivity index (χ2v) is 6.70. The minimum absolute atomic E-state index is 0.119. The van der Waals surface area contributed by atoms with Gasteiger partial charge in [0.15, 0.2) is 0 Å². The van der Waals surface area contributed by atoms with E-state index in [0.29, 0.717) is 31.9 Å². The van der Waals surface area contributed by atoms with Crippen molar-refractivity contribution in [3.8, 4) is 0 Å². The molecule has 0 aliphatic carbocycles. The summed E-state index contributed by atoms with van der Waals surface area (Å²) in [6.45, 7) is 4.98. The molecule has 1 aromatic heterocycles. The highest BCUT2D eigenvalue weighted by molar-refractivity contribution is 7.88. The van der Waals surface area contributed by atoms with Crippen molar-refractivity contribution >= 4 is 15.9 Å². The third kappa shape index (κ3) is 5.80. The van der Waals surface area contributed by atoms with Crippen LogP contribution in [-0.2, 0) is 16.4 Å². The van der Waals surface area contributed by atoms with Gasteiger partial charge in [-0.25, -0.2) is 17.7 Å². The molecular formula is C12H23N5O3S. The number of H-pyrrole nitrogens is 1. The first-order chi connectivity index (χ1) is 9.88. The van der Waals surface area contributed by atoms with Gasteiger partial charge in [-0.05, 0) is 12.8 Å². The van der Waals surface area contributed by atoms with Gasteiger partial charge in [0.05, 0.1) is 6.26 Å². The second-order valence-electron chi connectivity index (χ2n) is 4.72. The van der Waals surface area contributed by atoms with Crippen LogP contribution in [0.25, 0.3) is 0 Å². The fraction of sp³-hybridized carbons (Fsp3) is 0.750. The Morgan fingerprint density at radius 3 is 2.67 bits per heavy atom. The first-order valence-electron chi connectivity index (χ1n) is 7.03. The number of carbonyl (C=O) groups excluding carboxylic acids is 1. The minimum Gasteiger partial charge on any atom is -0.349 e. The van der Waals surface area contributed by atoms with E-state index in [2.05, 4.69) is 20.5 Å². The van der Waals surface area contributed by atoms with Gasteiger partial charge in [-0.2, -0.15) is 0 Å². The number of nitrogens with zero attached hydrogens (tertiary/aromatic N) is 3. The number of aromatic nitrogens is 3. The van der Waals surface area contributed by atoms with Gasteiger partial charge in [0, 0.05) is 26.1 Å². The van der Waals surface area contributed by atoms with Crippen molar-refractivity contribution in [2.75, 3.05) is 25.9 Å². The van der Waals surface area contributed by atoms with Crippen molar-refractivity contribution in [1.29, 1.82) is 0 Å². The van der Waals surface area contributed by atoms with E-state index in [1.54, 1.807) is 6.92 Å². The summed E-state index contributed by atoms with van der Waals surface area (Å²) >= 11 is 0. The number of rotatable bonds is 9. The summed E-state index contributed by atoms with van der Waals surface area (Å²) in [4.78, 5) is 15.9. The molecule has 1 amide bonds. The summed E-state index contributed by atoms with van der Waals surface area (Å²) in [6.07, 6.45) is 3.39. The maximum atomic E-state index is 11.8. The van der Waals surface area contributed by atoms with Gasteiger partial charge in [-0.3, -0.25) is 9.89 Å². The number of nitrogens with one attached hydrogen (secondary N) is 2. The van der Waals surface area contributed by atoms with Gasteiger partial charge in [-0.15, -0.1) is 5.10 Å². The lowest BCUT2D eigenvalue weighted by Gasteiger charge is -2.17. The molecular weight excluding hydrogens is 294 g/mol. The molecule has 0 spiro atoms. The van der Waals surface area contributed by atoms with Crippen LogP contribution in [0.4, 0.5) is 0 Å². The Balaban J connectivity index is 2.36. The standard InChI is InChI=1S/C12H23N5O3S/c1-4-7-10-14-11(16-15-10)12(18)13-8-6-9-17(5-2)21(3,19)20/h4-9H2,1-3H3,(H,13,18)(H,14,15,16). The molecule has 0 radical (unpaired) electrons. The number of amides is 1. The van der Waals surface area contributed by atoms with Crippen molar-refractivity contribution in [2.24, 2.45) is 0 Å². The number of carbonyl (C=O) groups is 1. The molecule has 0 fully saturated rings. The highest BCUT2D eigenvalue weighted by Crippen LogP contribution is 1.99. The van der Waals surface area contributed by atoms with E-state index in [0.717, 1.165) is 12.8 Å². The lowest BCUT2D eigenvalue weighted by Crippen LogP contribution is -2.33. The molecule has 0 aliphatic heterocycles. The molecule has 120 valence electrons. The van der Waals surface area contributed by atoms with E-state index in [-0.39, 0.29) is 11.7 Å². The van der Waals surface area contributed by atoms with Crippen LogP contribution in [0.15, 0.2) is 0 Å². The molecule has 0 atom stereocenters. The summed E-state index contributed by atoms with van der Waals surface area (Å²) < 4.78 is 24.1. The Labute approximate surface area is 125 Å². The molecule has 0 bridgehead atoms. The summed E-state index contributed by atoms with van der Waals surface area (Å²) in [7, 11) is -3.18. The molecule has 0 aromatic carbocycles. The smallest absolute Gasteiger partial charge is 0.290 e. The molecule has 21 heavy (non-hydrogen) atoms. The van der Waals surface area contributed by atoms with Gasteiger partial charge >= 0.3 is 0 Å². The average Bonchev–Trinajstić information content (AvgIpc) is 2.86. The van der Waals surface area contributed by atoms with E-state index < -0.39 is 10.0 Å². The monoisotopic (exact) mass is 317 g/mol. The molecule has 1 heterocycles. The van der Waals surface area contributed by atoms with Gasteiger partial charge in [-0.1, -0.05) is 13.8 Å². The average molecular weight is 317 g/mol. The number of aryl methyl sites for hydroxylation is 1. The van der Waals surface area contributed by atoms with E-state index in [1.165, 1.54) is 10.6 Å². The van der Waals surface area contributed by atoms with Crippen molar-refractivity contribution < 1.29 is 13.2 Å². The first kappa shape index (κ1) is 17.6. The van der Waals surface area contributed by atoms with Gasteiger partial charge in [0.25, 0.3) is 5.91 Å². The number of aromatic amines is 1. The van der Waals surface area contributed by atoms with E-state index in [4.69, 9.17) is 0 Å². The zero-order chi connectivity index (χ0) is 15.9. The SMILES string of the molecule is CCCc1nc(C(=O)NCCCN(CC)S(C)(=O)=O)n[nH]1. The summed E-state index contributed by atoms with van der Waals surface area (Å²) in [5.41, 5.74) is 0. The lowest BCUT2D eigenvalue weighted by atomic mass is 10.3. The predicted octanol–water partition coefficient (Wildman–Crippen LogP) is 0.159. The van der Waals surface area contributed by atoms with Crippen molar-refractivity contribution in [3.05, 3.63) is 11.6 Å². The summed E-state index contributed by atoms with van der Waals surface area (Å²) in [5.74, 6) is 0.460. The Kier molecular flexibility index (Phi) is 6.76. The molecule has 1 rings (SSSR count). The number of hydrogen-bond acceptors (Lipinski definition) is 5. The third-order valence-corrected chi connectivity index (χ3v) is 4.29. The Morgan fingerprint density at radius 1 is 1.38 bits per heavy atom. The van der Waals surface area contributed by atoms with Crippen LogP contribution in [0.1, 0.15) is 43.1 Å². The summed E-state index contributed by atoms with van der Waals surface area (Å²) in [6, 6.07) is 0. The molecule has 8 nitrogen and oxygen atoms in total. The van der Waals surface area contributed by atoms with Crippen molar-refractivity contribution in [1.82, 2.24) is 24.8 Å². The largest absolute Gasteiger partial charge is 0.349 e. The summed E-state index contributed by atoms with van der Waals surface area (Å²) in [5, 5.41) is 9.25. The Hall–Kier alpha value is -1.48. The fourth-order valence-electron chi connectivity index (χ4n) is 1.84. The van der Waals surface area contributed by atoms with Crippen LogP contribution in [0.5, 0.6) is 0 Å². The van der Waals surface area contributed by atoms with Gasteiger partial charge < -0.3 is 5.32 Å². The first-order valence-corrected chi connectivity index (χ1v) is 8.87. The predicted molar refractivity (Wildman–Crippen MR) is 79.4 cm³/mol. The third-order valence-electron chi connectivity index (χ3n) is 2.91. The Morgan fingerprint density at radius 2 is 2.10 bits per heavy atom. The highest BCUT2D eigenvalue weighted by atomic mass is 32.2. The topological polar surface area (TPSA) is 108 Å². The number of sulfonamides is 1. The van der Waals surface area contributed by atoms with Crippen molar-refractivity contribution in [2.45, 2.75) is 33.1 Å². The van der Waals surface area contributed by atoms with Crippen LogP contribution in [0.2, 0.25) is 0 Å². The van der Waals surface area contributed by atoms with Gasteiger partial charge in [0.2, 0.25) is 15.8 Å². The Bertz CT molecular complexity index is 555. The second kappa shape index (κ2) is 8.08. The van der Waals surface area contributed by atoms with Crippen molar-refractivity contribution in [3.63, 3.8) is 0 Å². The van der Waals surface area contributed by atoms with E-state index >= 15 is 0 Å². The number of hydrogen-bond donors (Lipinski definition) is 2. The molecule has 2 N–H and O–H groups in total. The van der Waals surface area contributed by atoms with Gasteiger partial charge in [0.1, 0.15) is 5.82 Å². The normalized spacial score (nSPS) is 11.8. The maximum absolute atomic E-state index is 11.8. The molecule has 0 aliphatic rings. The van der Waals surface area contributed by atoms with E-state index in [1.807, 2.05) is 6.92 Å². The molecule has 0 saturated heterocycles. The van der Waals surface area contributed by atoms with Crippen LogP contribution >= 0.6 is 0 Å². The maximum Gasteiger partial charge on any atom is 0.290 e. The van der Waals surface area contributed by atoms with Crippen LogP contribution in [0.3, 0.4) is 0 Å². The molecule has 0 unspecified atom stereocenters.